The fourth-order valence-corrected chi connectivity index (χ4v) is 3.40. The van der Waals surface area contributed by atoms with Crippen LogP contribution in [0.1, 0.15) is 26.3 Å². The van der Waals surface area contributed by atoms with Crippen LogP contribution < -0.4 is 4.90 Å². The molecule has 0 radical (unpaired) electrons. The largest absolute Gasteiger partial charge is 0.436 e. The Morgan fingerprint density at radius 2 is 1.59 bits per heavy atom. The monoisotopic (exact) mass is 354 g/mol. The fourth-order valence-electron chi connectivity index (χ4n) is 3.40. The van der Waals surface area contributed by atoms with Crippen molar-refractivity contribution in [2.24, 2.45) is 0 Å². The van der Waals surface area contributed by atoms with Crippen LogP contribution in [0, 0.1) is 6.92 Å². The van der Waals surface area contributed by atoms with Crippen LogP contribution >= 0.6 is 0 Å². The molecule has 0 atom stereocenters. The van der Waals surface area contributed by atoms with Crippen molar-refractivity contribution in [2.45, 2.75) is 6.92 Å². The lowest BCUT2D eigenvalue weighted by molar-refractivity contribution is 0.0926. The van der Waals surface area contributed by atoms with Crippen molar-refractivity contribution in [1.29, 1.82) is 0 Å². The van der Waals surface area contributed by atoms with E-state index in [1.165, 1.54) is 4.90 Å². The molecule has 0 N–H and O–H groups in total. The van der Waals surface area contributed by atoms with Crippen LogP contribution in [-0.4, -0.2) is 16.8 Å². The first-order chi connectivity index (χ1) is 13.1. The second-order valence-corrected chi connectivity index (χ2v) is 6.48. The summed E-state index contributed by atoms with van der Waals surface area (Å²) in [5.74, 6) is -0.218. The Morgan fingerprint density at radius 1 is 0.852 bits per heavy atom. The minimum absolute atomic E-state index is 0.312. The van der Waals surface area contributed by atoms with Gasteiger partial charge in [0.1, 0.15) is 5.52 Å². The molecular formula is C22H14N2O3. The van der Waals surface area contributed by atoms with Crippen molar-refractivity contribution in [1.82, 2.24) is 4.98 Å². The predicted molar refractivity (Wildman–Crippen MR) is 102 cm³/mol. The molecule has 5 nitrogen and oxygen atoms in total. The number of fused-ring (bicyclic) bond motifs is 2. The Balaban J connectivity index is 1.60. The number of para-hydroxylation sites is 3. The molecule has 1 aliphatic rings. The van der Waals surface area contributed by atoms with Crippen LogP contribution in [0.2, 0.25) is 0 Å². The summed E-state index contributed by atoms with van der Waals surface area (Å²) in [6.07, 6.45) is 0. The maximum atomic E-state index is 13.0. The van der Waals surface area contributed by atoms with E-state index in [0.717, 1.165) is 11.1 Å². The van der Waals surface area contributed by atoms with Crippen molar-refractivity contribution in [2.75, 3.05) is 4.90 Å². The highest BCUT2D eigenvalue weighted by Crippen LogP contribution is 2.33. The van der Waals surface area contributed by atoms with Gasteiger partial charge in [0.05, 0.1) is 16.8 Å². The van der Waals surface area contributed by atoms with E-state index in [1.54, 1.807) is 24.3 Å². The quantitative estimate of drug-likeness (QED) is 0.493. The molecule has 0 bridgehead atoms. The number of aromatic nitrogens is 1. The molecule has 5 heteroatoms. The van der Waals surface area contributed by atoms with Gasteiger partial charge in [0, 0.05) is 5.56 Å². The molecule has 3 aromatic carbocycles. The second-order valence-electron chi connectivity index (χ2n) is 6.48. The highest BCUT2D eigenvalue weighted by Gasteiger charge is 2.37. The number of rotatable bonds is 2. The molecule has 1 aliphatic heterocycles. The molecular weight excluding hydrogens is 340 g/mol. The van der Waals surface area contributed by atoms with E-state index in [2.05, 4.69) is 4.98 Å². The zero-order valence-corrected chi connectivity index (χ0v) is 14.5. The molecule has 0 saturated carbocycles. The first-order valence-corrected chi connectivity index (χ1v) is 8.58. The SMILES string of the molecule is Cc1ccccc1N1C(=O)c2ccc(-c3nc4ccccc4o3)cc2C1=O. The highest BCUT2D eigenvalue weighted by atomic mass is 16.3. The molecule has 4 aromatic rings. The van der Waals surface area contributed by atoms with Crippen LogP contribution in [0.25, 0.3) is 22.6 Å². The van der Waals surface area contributed by atoms with Gasteiger partial charge in [-0.2, -0.15) is 0 Å². The maximum Gasteiger partial charge on any atom is 0.266 e. The number of aryl methyl sites for hydroxylation is 1. The number of benzene rings is 3. The minimum Gasteiger partial charge on any atom is -0.436 e. The molecule has 2 amide bonds. The van der Waals surface area contributed by atoms with E-state index < -0.39 is 0 Å². The highest BCUT2D eigenvalue weighted by molar-refractivity contribution is 6.34. The third-order valence-corrected chi connectivity index (χ3v) is 4.78. The molecule has 0 aliphatic carbocycles. The molecule has 2 heterocycles. The van der Waals surface area contributed by atoms with E-state index >= 15 is 0 Å². The summed E-state index contributed by atoms with van der Waals surface area (Å²) in [6, 6.07) is 19.9. The summed E-state index contributed by atoms with van der Waals surface area (Å²) in [5, 5.41) is 0. The number of imide groups is 1. The molecule has 0 unspecified atom stereocenters. The Kier molecular flexibility index (Phi) is 3.24. The van der Waals surface area contributed by atoms with Gasteiger partial charge in [0.2, 0.25) is 5.89 Å². The number of amides is 2. The zero-order valence-electron chi connectivity index (χ0n) is 14.5. The molecule has 0 spiro atoms. The molecule has 1 aromatic heterocycles. The normalized spacial score (nSPS) is 13.4. The van der Waals surface area contributed by atoms with E-state index in [4.69, 9.17) is 4.42 Å². The Labute approximate surface area is 154 Å². The van der Waals surface area contributed by atoms with Gasteiger partial charge in [-0.25, -0.2) is 9.88 Å². The van der Waals surface area contributed by atoms with E-state index in [0.29, 0.717) is 33.9 Å². The third-order valence-electron chi connectivity index (χ3n) is 4.78. The smallest absolute Gasteiger partial charge is 0.266 e. The van der Waals surface area contributed by atoms with Gasteiger partial charge in [-0.15, -0.1) is 0 Å². The lowest BCUT2D eigenvalue weighted by Crippen LogP contribution is -2.29. The van der Waals surface area contributed by atoms with Crippen molar-refractivity contribution < 1.29 is 14.0 Å². The summed E-state index contributed by atoms with van der Waals surface area (Å²) in [6.45, 7) is 1.88. The summed E-state index contributed by atoms with van der Waals surface area (Å²) >= 11 is 0. The number of carbonyl (C=O) groups excluding carboxylic acids is 2. The molecule has 5 rings (SSSR count). The van der Waals surface area contributed by atoms with Crippen LogP contribution in [0.3, 0.4) is 0 Å². The molecule has 0 fully saturated rings. The number of hydrogen-bond acceptors (Lipinski definition) is 4. The second kappa shape index (κ2) is 5.64. The lowest BCUT2D eigenvalue weighted by atomic mass is 10.1. The minimum atomic E-state index is -0.331. The summed E-state index contributed by atoms with van der Waals surface area (Å²) in [4.78, 5) is 31.5. The Bertz CT molecular complexity index is 1210. The number of carbonyl (C=O) groups is 2. The van der Waals surface area contributed by atoms with E-state index in [-0.39, 0.29) is 11.8 Å². The zero-order chi connectivity index (χ0) is 18.5. The van der Waals surface area contributed by atoms with Gasteiger partial charge < -0.3 is 4.42 Å². The average molecular weight is 354 g/mol. The number of nitrogens with zero attached hydrogens (tertiary/aromatic N) is 2. The number of anilines is 1. The summed E-state index contributed by atoms with van der Waals surface area (Å²) < 4.78 is 5.79. The average Bonchev–Trinajstić information content (AvgIpc) is 3.22. The van der Waals surface area contributed by atoms with Gasteiger partial charge in [0.15, 0.2) is 5.58 Å². The van der Waals surface area contributed by atoms with Gasteiger partial charge >= 0.3 is 0 Å². The first-order valence-electron chi connectivity index (χ1n) is 8.58. The van der Waals surface area contributed by atoms with Crippen molar-refractivity contribution in [3.05, 3.63) is 83.4 Å². The fraction of sp³-hybridized carbons (Fsp3) is 0.0455. The van der Waals surface area contributed by atoms with Crippen LogP contribution in [0.5, 0.6) is 0 Å². The van der Waals surface area contributed by atoms with Crippen LogP contribution in [0.15, 0.2) is 71.1 Å². The Morgan fingerprint density at radius 3 is 2.41 bits per heavy atom. The molecule has 27 heavy (non-hydrogen) atoms. The third kappa shape index (κ3) is 2.29. The van der Waals surface area contributed by atoms with Crippen molar-refractivity contribution >= 4 is 28.6 Å². The summed E-state index contributed by atoms with van der Waals surface area (Å²) in [5.41, 5.74) is 4.32. The first kappa shape index (κ1) is 15.5. The van der Waals surface area contributed by atoms with E-state index in [1.807, 2.05) is 49.4 Å². The predicted octanol–water partition coefficient (Wildman–Crippen LogP) is 4.60. The van der Waals surface area contributed by atoms with E-state index in [9.17, 15) is 9.59 Å². The van der Waals surface area contributed by atoms with Gasteiger partial charge in [-0.1, -0.05) is 30.3 Å². The number of hydrogen-bond donors (Lipinski definition) is 0. The van der Waals surface area contributed by atoms with Crippen LogP contribution in [0.4, 0.5) is 5.69 Å². The van der Waals surface area contributed by atoms with Crippen molar-refractivity contribution in [3.8, 4) is 11.5 Å². The van der Waals surface area contributed by atoms with Gasteiger partial charge in [-0.05, 0) is 48.9 Å². The Hall–Kier alpha value is -3.73. The van der Waals surface area contributed by atoms with Crippen LogP contribution in [-0.2, 0) is 0 Å². The van der Waals surface area contributed by atoms with Crippen molar-refractivity contribution in [3.63, 3.8) is 0 Å². The molecule has 130 valence electrons. The standard InChI is InChI=1S/C22H14N2O3/c1-13-6-2-4-8-18(13)24-21(25)15-11-10-14(12-16(15)22(24)26)20-23-17-7-3-5-9-19(17)27-20/h2-12H,1H3. The number of oxazole rings is 1. The van der Waals surface area contributed by atoms with Gasteiger partial charge in [-0.3, -0.25) is 9.59 Å². The topological polar surface area (TPSA) is 63.4 Å². The summed E-state index contributed by atoms with van der Waals surface area (Å²) in [7, 11) is 0. The maximum absolute atomic E-state index is 13.0. The van der Waals surface area contributed by atoms with Gasteiger partial charge in [0.25, 0.3) is 11.8 Å². The lowest BCUT2D eigenvalue weighted by Gasteiger charge is -2.16. The molecule has 0 saturated heterocycles.